The number of halogens is 4. The van der Waals surface area contributed by atoms with Crippen LogP contribution in [-0.2, 0) is 10.0 Å². The Morgan fingerprint density at radius 3 is 2.23 bits per heavy atom. The zero-order chi connectivity index (χ0) is 21.9. The minimum atomic E-state index is -4.88. The highest BCUT2D eigenvalue weighted by Crippen LogP contribution is 2.25. The molecule has 1 aliphatic rings. The fourth-order valence-corrected chi connectivity index (χ4v) is 4.57. The molecule has 11 heteroatoms. The Balaban J connectivity index is 1.71. The molecular weight excluding hydrogens is 428 g/mol. The van der Waals surface area contributed by atoms with Crippen LogP contribution in [0, 0.1) is 5.82 Å². The van der Waals surface area contributed by atoms with Crippen LogP contribution in [0.4, 0.5) is 17.6 Å². The van der Waals surface area contributed by atoms with E-state index in [4.69, 9.17) is 0 Å². The van der Waals surface area contributed by atoms with Crippen molar-refractivity contribution in [3.63, 3.8) is 0 Å². The first-order valence-electron chi connectivity index (χ1n) is 8.98. The van der Waals surface area contributed by atoms with E-state index in [0.717, 1.165) is 28.6 Å². The van der Waals surface area contributed by atoms with E-state index in [2.05, 4.69) is 4.74 Å². The summed E-state index contributed by atoms with van der Waals surface area (Å²) in [5.74, 6) is -1.71. The molecule has 2 aromatic carbocycles. The summed E-state index contributed by atoms with van der Waals surface area (Å²) in [6.07, 6.45) is -4.55. The van der Waals surface area contributed by atoms with E-state index in [1.165, 1.54) is 29.2 Å². The molecule has 162 valence electrons. The quantitative estimate of drug-likeness (QED) is 0.677. The molecule has 1 heterocycles. The Labute approximate surface area is 170 Å². The highest BCUT2D eigenvalue weighted by molar-refractivity contribution is 7.89. The molecule has 0 radical (unpaired) electrons. The number of sulfonamides is 1. The summed E-state index contributed by atoms with van der Waals surface area (Å²) >= 11 is 0. The van der Waals surface area contributed by atoms with Crippen molar-refractivity contribution in [2.75, 3.05) is 26.2 Å². The fraction of sp³-hybridized carbons (Fsp3) is 0.316. The third-order valence-electron chi connectivity index (χ3n) is 4.54. The van der Waals surface area contributed by atoms with Crippen molar-refractivity contribution < 1.29 is 35.5 Å². The summed E-state index contributed by atoms with van der Waals surface area (Å²) in [5, 5.41) is 0. The number of ether oxygens (including phenoxy) is 1. The molecule has 1 aliphatic heterocycles. The maximum atomic E-state index is 13.9. The Hall–Kier alpha value is -2.66. The van der Waals surface area contributed by atoms with Crippen LogP contribution in [0.2, 0.25) is 0 Å². The Morgan fingerprint density at radius 1 is 0.933 bits per heavy atom. The van der Waals surface area contributed by atoms with Crippen molar-refractivity contribution in [2.45, 2.75) is 17.7 Å². The van der Waals surface area contributed by atoms with E-state index in [0.29, 0.717) is 6.42 Å². The predicted octanol–water partition coefficient (Wildman–Crippen LogP) is 3.26. The van der Waals surface area contributed by atoms with Crippen molar-refractivity contribution in [3.8, 4) is 5.75 Å². The van der Waals surface area contributed by atoms with Gasteiger partial charge in [-0.2, -0.15) is 4.31 Å². The first kappa shape index (κ1) is 22.0. The maximum absolute atomic E-state index is 13.9. The lowest BCUT2D eigenvalue weighted by atomic mass is 10.2. The normalized spacial score (nSPS) is 16.2. The van der Waals surface area contributed by atoms with Gasteiger partial charge in [0.25, 0.3) is 5.91 Å². The SMILES string of the molecule is O=C(c1ccccc1F)N1CCCN(S(=O)(=O)c2ccc(OC(F)(F)F)cc2)CC1. The van der Waals surface area contributed by atoms with Crippen LogP contribution in [0.1, 0.15) is 16.8 Å². The molecule has 0 N–H and O–H groups in total. The van der Waals surface area contributed by atoms with Gasteiger partial charge in [-0.3, -0.25) is 4.79 Å². The third kappa shape index (κ3) is 5.08. The van der Waals surface area contributed by atoms with Gasteiger partial charge in [0.2, 0.25) is 10.0 Å². The van der Waals surface area contributed by atoms with Crippen molar-refractivity contribution in [3.05, 3.63) is 59.9 Å². The van der Waals surface area contributed by atoms with E-state index < -0.39 is 33.9 Å². The van der Waals surface area contributed by atoms with E-state index in [-0.39, 0.29) is 36.6 Å². The van der Waals surface area contributed by atoms with Crippen molar-refractivity contribution in [1.82, 2.24) is 9.21 Å². The highest BCUT2D eigenvalue weighted by atomic mass is 32.2. The lowest BCUT2D eigenvalue weighted by Gasteiger charge is -2.22. The second kappa shape index (κ2) is 8.60. The Kier molecular flexibility index (Phi) is 6.32. The topological polar surface area (TPSA) is 66.9 Å². The molecule has 0 spiro atoms. The fourth-order valence-electron chi connectivity index (χ4n) is 3.10. The van der Waals surface area contributed by atoms with Crippen LogP contribution in [0.25, 0.3) is 0 Å². The van der Waals surface area contributed by atoms with Gasteiger partial charge in [-0.15, -0.1) is 13.2 Å². The molecule has 30 heavy (non-hydrogen) atoms. The predicted molar refractivity (Wildman–Crippen MR) is 98.8 cm³/mol. The smallest absolute Gasteiger partial charge is 0.406 e. The molecule has 0 unspecified atom stereocenters. The maximum Gasteiger partial charge on any atom is 0.573 e. The van der Waals surface area contributed by atoms with Crippen LogP contribution in [0.15, 0.2) is 53.4 Å². The summed E-state index contributed by atoms with van der Waals surface area (Å²) in [6.45, 7) is 0.396. The van der Waals surface area contributed by atoms with Crippen LogP contribution < -0.4 is 4.74 Å². The first-order valence-corrected chi connectivity index (χ1v) is 10.4. The van der Waals surface area contributed by atoms with E-state index in [9.17, 15) is 30.8 Å². The van der Waals surface area contributed by atoms with Gasteiger partial charge in [0.05, 0.1) is 10.5 Å². The largest absolute Gasteiger partial charge is 0.573 e. The molecular formula is C19H18F4N2O4S. The van der Waals surface area contributed by atoms with Crippen LogP contribution in [0.3, 0.4) is 0 Å². The van der Waals surface area contributed by atoms with Gasteiger partial charge < -0.3 is 9.64 Å². The molecule has 3 rings (SSSR count). The summed E-state index contributed by atoms with van der Waals surface area (Å²) < 4.78 is 81.2. The van der Waals surface area contributed by atoms with Gasteiger partial charge in [-0.1, -0.05) is 12.1 Å². The Bertz CT molecular complexity index is 1010. The summed E-state index contributed by atoms with van der Waals surface area (Å²) in [6, 6.07) is 9.45. The molecule has 0 bridgehead atoms. The van der Waals surface area contributed by atoms with Gasteiger partial charge in [0.1, 0.15) is 11.6 Å². The van der Waals surface area contributed by atoms with Crippen LogP contribution in [0.5, 0.6) is 5.75 Å². The lowest BCUT2D eigenvalue weighted by Crippen LogP contribution is -2.37. The lowest BCUT2D eigenvalue weighted by molar-refractivity contribution is -0.274. The highest BCUT2D eigenvalue weighted by Gasteiger charge is 2.32. The van der Waals surface area contributed by atoms with Gasteiger partial charge in [-0.05, 0) is 42.8 Å². The third-order valence-corrected chi connectivity index (χ3v) is 6.45. The second-order valence-corrected chi connectivity index (χ2v) is 8.49. The van der Waals surface area contributed by atoms with Crippen molar-refractivity contribution >= 4 is 15.9 Å². The minimum absolute atomic E-state index is 0.0245. The number of hydrogen-bond donors (Lipinski definition) is 0. The number of carbonyl (C=O) groups excluding carboxylic acids is 1. The molecule has 6 nitrogen and oxygen atoms in total. The first-order chi connectivity index (χ1) is 14.1. The number of benzene rings is 2. The van der Waals surface area contributed by atoms with E-state index in [1.807, 2.05) is 0 Å². The molecule has 2 aromatic rings. The standard InChI is InChI=1S/C19H18F4N2O4S/c20-17-5-2-1-4-16(17)18(26)24-10-3-11-25(13-12-24)30(27,28)15-8-6-14(7-9-15)29-19(21,22)23/h1-2,4-9H,3,10-13H2. The molecule has 0 aliphatic carbocycles. The number of hydrogen-bond acceptors (Lipinski definition) is 4. The molecule has 0 atom stereocenters. The minimum Gasteiger partial charge on any atom is -0.406 e. The van der Waals surface area contributed by atoms with Crippen LogP contribution >= 0.6 is 0 Å². The van der Waals surface area contributed by atoms with E-state index >= 15 is 0 Å². The zero-order valence-corrected chi connectivity index (χ0v) is 16.4. The molecule has 0 aromatic heterocycles. The van der Waals surface area contributed by atoms with Gasteiger partial charge in [0, 0.05) is 26.2 Å². The van der Waals surface area contributed by atoms with Gasteiger partial charge >= 0.3 is 6.36 Å². The number of amides is 1. The summed E-state index contributed by atoms with van der Waals surface area (Å²) in [7, 11) is -3.98. The Morgan fingerprint density at radius 2 is 1.60 bits per heavy atom. The average molecular weight is 446 g/mol. The monoisotopic (exact) mass is 446 g/mol. The second-order valence-electron chi connectivity index (χ2n) is 6.55. The van der Waals surface area contributed by atoms with Gasteiger partial charge in [-0.25, -0.2) is 12.8 Å². The molecule has 1 saturated heterocycles. The number of rotatable bonds is 4. The average Bonchev–Trinajstić information content (AvgIpc) is 2.94. The number of nitrogens with zero attached hydrogens (tertiary/aromatic N) is 2. The summed E-state index contributed by atoms with van der Waals surface area (Å²) in [5.41, 5.74) is -0.0888. The molecule has 0 saturated carbocycles. The van der Waals surface area contributed by atoms with Crippen LogP contribution in [-0.4, -0.2) is 56.1 Å². The number of carbonyl (C=O) groups is 1. The summed E-state index contributed by atoms with van der Waals surface area (Å²) in [4.78, 5) is 13.8. The van der Waals surface area contributed by atoms with Crippen molar-refractivity contribution in [1.29, 1.82) is 0 Å². The molecule has 1 fully saturated rings. The van der Waals surface area contributed by atoms with E-state index in [1.54, 1.807) is 0 Å². The van der Waals surface area contributed by atoms with Gasteiger partial charge in [0.15, 0.2) is 0 Å². The number of alkyl halides is 3. The zero-order valence-electron chi connectivity index (χ0n) is 15.6. The molecule has 1 amide bonds. The van der Waals surface area contributed by atoms with Crippen molar-refractivity contribution in [2.24, 2.45) is 0 Å².